The Hall–Kier alpha value is -0.0000000000000000763. The molecular formula is C11H15ClINO. The number of rotatable bonds is 3. The molecule has 2 unspecified atom stereocenters. The van der Waals surface area contributed by atoms with Crippen LogP contribution in [0.2, 0.25) is 0 Å². The van der Waals surface area contributed by atoms with Gasteiger partial charge in [-0.25, -0.2) is 0 Å². The van der Waals surface area contributed by atoms with Gasteiger partial charge in [-0.1, -0.05) is 29.8 Å². The molecule has 15 heavy (non-hydrogen) atoms. The maximum absolute atomic E-state index is 9.74. The van der Waals surface area contributed by atoms with Gasteiger partial charge >= 0.3 is 0 Å². The average molecular weight is 340 g/mol. The van der Waals surface area contributed by atoms with E-state index in [1.54, 1.807) is 6.92 Å². The molecule has 0 aromatic heterocycles. The third kappa shape index (κ3) is 2.98. The van der Waals surface area contributed by atoms with Crippen molar-refractivity contribution in [3.05, 3.63) is 33.6 Å². The monoisotopic (exact) mass is 339 g/mol. The minimum atomic E-state index is -0.899. The van der Waals surface area contributed by atoms with Gasteiger partial charge in [0.1, 0.15) is 0 Å². The van der Waals surface area contributed by atoms with Crippen molar-refractivity contribution in [3.8, 4) is 0 Å². The normalized spacial score (nSPS) is 27.5. The second kappa shape index (κ2) is 4.89. The Morgan fingerprint density at radius 3 is 2.80 bits per heavy atom. The van der Waals surface area contributed by atoms with E-state index in [4.69, 9.17) is 11.6 Å². The highest BCUT2D eigenvalue weighted by molar-refractivity contribution is 14.1. The van der Waals surface area contributed by atoms with Crippen LogP contribution >= 0.6 is 34.2 Å². The van der Waals surface area contributed by atoms with Crippen molar-refractivity contribution in [2.45, 2.75) is 31.4 Å². The molecule has 2 nitrogen and oxygen atoms in total. The van der Waals surface area contributed by atoms with Crippen molar-refractivity contribution in [2.75, 3.05) is 0 Å². The summed E-state index contributed by atoms with van der Waals surface area (Å²) in [6.07, 6.45) is 3.93. The maximum atomic E-state index is 9.74. The topological polar surface area (TPSA) is 32.3 Å². The summed E-state index contributed by atoms with van der Waals surface area (Å²) in [6.45, 7) is 7.49. The van der Waals surface area contributed by atoms with Gasteiger partial charge in [0.05, 0.1) is 9.81 Å². The van der Waals surface area contributed by atoms with E-state index >= 15 is 0 Å². The third-order valence-electron chi connectivity index (χ3n) is 2.27. The molecule has 4 heteroatoms. The minimum Gasteiger partial charge on any atom is -0.389 e. The molecule has 0 radical (unpaired) electrons. The molecule has 0 saturated carbocycles. The molecule has 0 aromatic rings. The molecule has 1 rings (SSSR count). The average Bonchev–Trinajstić information content (AvgIpc) is 2.09. The Morgan fingerprint density at radius 2 is 2.33 bits per heavy atom. The highest BCUT2D eigenvalue weighted by Crippen LogP contribution is 2.35. The van der Waals surface area contributed by atoms with Crippen LogP contribution in [0.1, 0.15) is 20.3 Å². The summed E-state index contributed by atoms with van der Waals surface area (Å²) in [4.78, 5) is -0.899. The van der Waals surface area contributed by atoms with Gasteiger partial charge in [-0.05, 0) is 54.5 Å². The zero-order chi connectivity index (χ0) is 11.6. The summed E-state index contributed by atoms with van der Waals surface area (Å²) in [5.41, 5.74) is 1.98. The van der Waals surface area contributed by atoms with Crippen LogP contribution in [-0.4, -0.2) is 16.2 Å². The fraction of sp³-hybridized carbons (Fsp3) is 0.455. The summed E-state index contributed by atoms with van der Waals surface area (Å²) in [7, 11) is 0. The molecular weight excluding hydrogens is 324 g/mol. The van der Waals surface area contributed by atoms with E-state index in [0.717, 1.165) is 14.8 Å². The molecule has 0 aliphatic carbocycles. The quantitative estimate of drug-likeness (QED) is 0.358. The first-order valence-corrected chi connectivity index (χ1v) is 6.18. The second-order valence-electron chi connectivity index (χ2n) is 3.85. The van der Waals surface area contributed by atoms with Crippen molar-refractivity contribution >= 4 is 34.2 Å². The number of aliphatic hydroxyl groups excluding tert-OH is 1. The Labute approximate surface area is 109 Å². The molecule has 0 saturated heterocycles. The summed E-state index contributed by atoms with van der Waals surface area (Å²) >= 11 is 8.55. The lowest BCUT2D eigenvalue weighted by Gasteiger charge is -2.36. The van der Waals surface area contributed by atoms with Gasteiger partial charge in [-0.15, -0.1) is 0 Å². The molecule has 0 spiro atoms. The molecule has 0 bridgehead atoms. The number of hydrogen-bond donors (Lipinski definition) is 2. The second-order valence-corrected chi connectivity index (χ2v) is 5.61. The van der Waals surface area contributed by atoms with E-state index in [1.165, 1.54) is 0 Å². The first-order chi connectivity index (χ1) is 6.86. The van der Waals surface area contributed by atoms with E-state index in [9.17, 15) is 5.11 Å². The van der Waals surface area contributed by atoms with E-state index in [0.29, 0.717) is 6.42 Å². The molecule has 84 valence electrons. The highest BCUT2D eigenvalue weighted by atomic mass is 127. The van der Waals surface area contributed by atoms with Crippen molar-refractivity contribution in [1.82, 2.24) is 5.32 Å². The van der Waals surface area contributed by atoms with E-state index in [-0.39, 0.29) is 0 Å². The van der Waals surface area contributed by atoms with Crippen molar-refractivity contribution in [3.63, 3.8) is 0 Å². The Balaban J connectivity index is 3.01. The van der Waals surface area contributed by atoms with Crippen LogP contribution in [0.15, 0.2) is 33.6 Å². The summed E-state index contributed by atoms with van der Waals surface area (Å²) in [6, 6.07) is 0. The smallest absolute Gasteiger partial charge is 0.161 e. The highest BCUT2D eigenvalue weighted by Gasteiger charge is 2.38. The molecule has 1 aliphatic heterocycles. The zero-order valence-electron chi connectivity index (χ0n) is 8.85. The van der Waals surface area contributed by atoms with Crippen LogP contribution in [0.3, 0.4) is 0 Å². The van der Waals surface area contributed by atoms with Crippen molar-refractivity contribution < 1.29 is 5.11 Å². The standard InChI is InChI=1S/C11H15ClINO/c1-7(2)6-9-4-5-10(13)14-11(9,12)8(3)15/h4-5,8,14-15H,1,6H2,2-3H3. The number of dihydropyridines is 1. The minimum absolute atomic E-state index is 0.664. The van der Waals surface area contributed by atoms with Gasteiger partial charge < -0.3 is 10.4 Å². The number of alkyl halides is 1. The number of aliphatic hydroxyl groups is 1. The molecule has 2 atom stereocenters. The first-order valence-electron chi connectivity index (χ1n) is 4.72. The number of allylic oxidation sites excluding steroid dienone is 3. The number of hydrogen-bond acceptors (Lipinski definition) is 2. The van der Waals surface area contributed by atoms with Gasteiger partial charge in [-0.2, -0.15) is 0 Å². The fourth-order valence-electron chi connectivity index (χ4n) is 1.48. The molecule has 2 N–H and O–H groups in total. The maximum Gasteiger partial charge on any atom is 0.161 e. The van der Waals surface area contributed by atoms with E-state index < -0.39 is 11.1 Å². The number of nitrogens with one attached hydrogen (secondary N) is 1. The SMILES string of the molecule is C=C(C)CC1=CC=C(I)NC1(Cl)C(C)O. The predicted octanol–water partition coefficient (Wildman–Crippen LogP) is 3.07. The first kappa shape index (κ1) is 13.1. The molecule has 1 heterocycles. The van der Waals surface area contributed by atoms with Gasteiger partial charge in [0.25, 0.3) is 0 Å². The van der Waals surface area contributed by atoms with Crippen LogP contribution in [-0.2, 0) is 0 Å². The lowest BCUT2D eigenvalue weighted by Crippen LogP contribution is -2.50. The van der Waals surface area contributed by atoms with Crippen molar-refractivity contribution in [1.29, 1.82) is 0 Å². The van der Waals surface area contributed by atoms with Crippen LogP contribution in [0, 0.1) is 0 Å². The summed E-state index contributed by atoms with van der Waals surface area (Å²) in [5.74, 6) is 0. The lowest BCUT2D eigenvalue weighted by atomic mass is 9.94. The molecule has 0 aromatic carbocycles. The summed E-state index contributed by atoms with van der Waals surface area (Å²) in [5, 5.41) is 12.8. The van der Waals surface area contributed by atoms with Gasteiger partial charge in [-0.3, -0.25) is 0 Å². The Morgan fingerprint density at radius 1 is 1.73 bits per heavy atom. The van der Waals surface area contributed by atoms with Gasteiger partial charge in [0.15, 0.2) is 5.00 Å². The largest absolute Gasteiger partial charge is 0.389 e. The van der Waals surface area contributed by atoms with Gasteiger partial charge in [0, 0.05) is 0 Å². The third-order valence-corrected chi connectivity index (χ3v) is 3.55. The zero-order valence-corrected chi connectivity index (χ0v) is 11.8. The van der Waals surface area contributed by atoms with E-state index in [1.807, 2.05) is 19.1 Å². The van der Waals surface area contributed by atoms with Crippen LogP contribution in [0.4, 0.5) is 0 Å². The Kier molecular flexibility index (Phi) is 4.26. The molecule has 0 amide bonds. The van der Waals surface area contributed by atoms with Gasteiger partial charge in [0.2, 0.25) is 0 Å². The van der Waals surface area contributed by atoms with Crippen LogP contribution in [0.25, 0.3) is 0 Å². The predicted molar refractivity (Wildman–Crippen MR) is 73.0 cm³/mol. The number of halogens is 2. The molecule has 1 aliphatic rings. The van der Waals surface area contributed by atoms with Crippen molar-refractivity contribution in [2.24, 2.45) is 0 Å². The van der Waals surface area contributed by atoms with E-state index in [2.05, 4.69) is 34.5 Å². The Bertz CT molecular complexity index is 335. The fourth-order valence-corrected chi connectivity index (χ4v) is 2.47. The lowest BCUT2D eigenvalue weighted by molar-refractivity contribution is 0.146. The van der Waals surface area contributed by atoms with Crippen LogP contribution in [0.5, 0.6) is 0 Å². The van der Waals surface area contributed by atoms with Crippen LogP contribution < -0.4 is 5.32 Å². The summed E-state index contributed by atoms with van der Waals surface area (Å²) < 4.78 is 0.925. The molecule has 0 fully saturated rings.